The number of aromatic nitrogens is 2. The van der Waals surface area contributed by atoms with Crippen LogP contribution in [0.4, 0.5) is 5.82 Å². The van der Waals surface area contributed by atoms with Gasteiger partial charge in [-0.25, -0.2) is 9.97 Å². The second-order valence-corrected chi connectivity index (χ2v) is 6.54. The maximum atomic E-state index is 4.66. The van der Waals surface area contributed by atoms with Crippen molar-refractivity contribution in [2.75, 3.05) is 11.9 Å². The molecule has 5 heteroatoms. The first-order valence-electron chi connectivity index (χ1n) is 6.47. The Hall–Kier alpha value is -0.940. The predicted octanol–water partition coefficient (Wildman–Crippen LogP) is 4.91. The van der Waals surface area contributed by atoms with Crippen LogP contribution in [0.2, 0.25) is 0 Å². The van der Waals surface area contributed by atoms with Crippen molar-refractivity contribution in [2.45, 2.75) is 33.1 Å². The number of hydrogen-bond donors (Lipinski definition) is 1. The molecule has 2 aromatic heterocycles. The fourth-order valence-corrected chi connectivity index (χ4v) is 3.01. The molecule has 0 aliphatic rings. The summed E-state index contributed by atoms with van der Waals surface area (Å²) >= 11 is 5.13. The van der Waals surface area contributed by atoms with E-state index in [2.05, 4.69) is 63.4 Å². The van der Waals surface area contributed by atoms with Crippen LogP contribution in [0.25, 0.3) is 10.7 Å². The molecule has 0 aromatic carbocycles. The van der Waals surface area contributed by atoms with E-state index in [0.29, 0.717) is 5.92 Å². The maximum absolute atomic E-state index is 4.66. The van der Waals surface area contributed by atoms with Crippen molar-refractivity contribution in [1.82, 2.24) is 9.97 Å². The molecule has 0 unspecified atom stereocenters. The number of nitrogens with one attached hydrogen (secondary N) is 1. The number of hydrogen-bond acceptors (Lipinski definition) is 4. The third kappa shape index (κ3) is 3.76. The first-order chi connectivity index (χ1) is 9.10. The molecule has 102 valence electrons. The molecule has 0 saturated heterocycles. The molecular formula is C14H18BrN3S. The molecule has 0 aliphatic heterocycles. The minimum atomic E-state index is 0.396. The average molecular weight is 340 g/mol. The van der Waals surface area contributed by atoms with Gasteiger partial charge in [0, 0.05) is 28.2 Å². The van der Waals surface area contributed by atoms with Crippen molar-refractivity contribution in [3.63, 3.8) is 0 Å². The summed E-state index contributed by atoms with van der Waals surface area (Å²) in [5, 5.41) is 5.40. The largest absolute Gasteiger partial charge is 0.370 e. The number of nitrogens with zero attached hydrogens (tertiary/aromatic N) is 2. The van der Waals surface area contributed by atoms with Gasteiger partial charge in [0.05, 0.1) is 4.88 Å². The molecule has 0 radical (unpaired) electrons. The van der Waals surface area contributed by atoms with Gasteiger partial charge in [-0.15, -0.1) is 11.3 Å². The topological polar surface area (TPSA) is 37.8 Å². The van der Waals surface area contributed by atoms with Gasteiger partial charge < -0.3 is 5.32 Å². The SMILES string of the molecule is CCCNc1cc(C(C)C)nc(-c2cc(Br)cs2)n1. The first kappa shape index (κ1) is 14.5. The van der Waals surface area contributed by atoms with Gasteiger partial charge in [-0.3, -0.25) is 0 Å². The van der Waals surface area contributed by atoms with Gasteiger partial charge in [0.15, 0.2) is 5.82 Å². The van der Waals surface area contributed by atoms with E-state index in [1.165, 1.54) is 0 Å². The summed E-state index contributed by atoms with van der Waals surface area (Å²) in [5.41, 5.74) is 1.08. The molecule has 0 amide bonds. The molecule has 0 fully saturated rings. The molecule has 0 spiro atoms. The third-order valence-electron chi connectivity index (χ3n) is 2.68. The lowest BCUT2D eigenvalue weighted by molar-refractivity contribution is 0.816. The molecule has 19 heavy (non-hydrogen) atoms. The van der Waals surface area contributed by atoms with Crippen LogP contribution in [0, 0.1) is 0 Å². The normalized spacial score (nSPS) is 11.0. The zero-order valence-electron chi connectivity index (χ0n) is 11.4. The Bertz CT molecular complexity index is 551. The Balaban J connectivity index is 2.39. The summed E-state index contributed by atoms with van der Waals surface area (Å²) in [4.78, 5) is 10.4. The van der Waals surface area contributed by atoms with E-state index in [9.17, 15) is 0 Å². The summed E-state index contributed by atoms with van der Waals surface area (Å²) in [6, 6.07) is 4.11. The second-order valence-electron chi connectivity index (χ2n) is 4.71. The van der Waals surface area contributed by atoms with Gasteiger partial charge in [-0.2, -0.15) is 0 Å². The van der Waals surface area contributed by atoms with Crippen molar-refractivity contribution in [3.05, 3.63) is 27.7 Å². The van der Waals surface area contributed by atoms with Gasteiger partial charge in [0.2, 0.25) is 0 Å². The summed E-state index contributed by atoms with van der Waals surface area (Å²) < 4.78 is 1.08. The highest BCUT2D eigenvalue weighted by atomic mass is 79.9. The Morgan fingerprint density at radius 2 is 2.11 bits per heavy atom. The summed E-state index contributed by atoms with van der Waals surface area (Å²) in [5.74, 6) is 2.12. The van der Waals surface area contributed by atoms with Crippen molar-refractivity contribution in [2.24, 2.45) is 0 Å². The van der Waals surface area contributed by atoms with Crippen LogP contribution in [-0.2, 0) is 0 Å². The standard InChI is InChI=1S/C14H18BrN3S/c1-4-5-16-13-7-11(9(2)3)17-14(18-13)12-6-10(15)8-19-12/h6-9H,4-5H2,1-3H3,(H,16,17,18). The van der Waals surface area contributed by atoms with Gasteiger partial charge >= 0.3 is 0 Å². The Labute approximate surface area is 126 Å². The summed E-state index contributed by atoms with van der Waals surface area (Å²) in [7, 11) is 0. The van der Waals surface area contributed by atoms with E-state index in [1.54, 1.807) is 11.3 Å². The minimum Gasteiger partial charge on any atom is -0.370 e. The molecule has 1 N–H and O–H groups in total. The highest BCUT2D eigenvalue weighted by Gasteiger charge is 2.10. The van der Waals surface area contributed by atoms with Gasteiger partial charge in [-0.05, 0) is 34.3 Å². The molecule has 0 aliphatic carbocycles. The van der Waals surface area contributed by atoms with Crippen molar-refractivity contribution < 1.29 is 0 Å². The maximum Gasteiger partial charge on any atom is 0.171 e. The quantitative estimate of drug-likeness (QED) is 0.840. The smallest absolute Gasteiger partial charge is 0.171 e. The average Bonchev–Trinajstić information content (AvgIpc) is 2.82. The van der Waals surface area contributed by atoms with E-state index in [0.717, 1.165) is 39.7 Å². The van der Waals surface area contributed by atoms with Gasteiger partial charge in [0.25, 0.3) is 0 Å². The van der Waals surface area contributed by atoms with Crippen LogP contribution in [0.15, 0.2) is 22.0 Å². The minimum absolute atomic E-state index is 0.396. The zero-order chi connectivity index (χ0) is 13.8. The Morgan fingerprint density at radius 3 is 2.68 bits per heavy atom. The fraction of sp³-hybridized carbons (Fsp3) is 0.429. The third-order valence-corrected chi connectivity index (χ3v) is 4.37. The predicted molar refractivity (Wildman–Crippen MR) is 85.9 cm³/mol. The lowest BCUT2D eigenvalue weighted by Crippen LogP contribution is -2.06. The second kappa shape index (κ2) is 6.48. The molecular weight excluding hydrogens is 322 g/mol. The highest BCUT2D eigenvalue weighted by Crippen LogP contribution is 2.29. The highest BCUT2D eigenvalue weighted by molar-refractivity contribution is 9.10. The number of anilines is 1. The molecule has 0 bridgehead atoms. The van der Waals surface area contributed by atoms with E-state index < -0.39 is 0 Å². The van der Waals surface area contributed by atoms with Crippen molar-refractivity contribution >= 4 is 33.1 Å². The summed E-state index contributed by atoms with van der Waals surface area (Å²) in [6.45, 7) is 7.39. The van der Waals surface area contributed by atoms with Crippen LogP contribution in [0.5, 0.6) is 0 Å². The number of rotatable bonds is 5. The lowest BCUT2D eigenvalue weighted by atomic mass is 10.1. The zero-order valence-corrected chi connectivity index (χ0v) is 13.8. The fourth-order valence-electron chi connectivity index (χ4n) is 1.65. The molecule has 0 saturated carbocycles. The van der Waals surface area contributed by atoms with Crippen molar-refractivity contribution in [3.8, 4) is 10.7 Å². The van der Waals surface area contributed by atoms with Crippen LogP contribution in [0.3, 0.4) is 0 Å². The van der Waals surface area contributed by atoms with E-state index in [4.69, 9.17) is 0 Å². The van der Waals surface area contributed by atoms with Gasteiger partial charge in [0.1, 0.15) is 5.82 Å². The van der Waals surface area contributed by atoms with Crippen molar-refractivity contribution in [1.29, 1.82) is 0 Å². The van der Waals surface area contributed by atoms with Crippen LogP contribution < -0.4 is 5.32 Å². The number of thiophene rings is 1. The van der Waals surface area contributed by atoms with E-state index >= 15 is 0 Å². The van der Waals surface area contributed by atoms with Crippen LogP contribution >= 0.6 is 27.3 Å². The Kier molecular flexibility index (Phi) is 4.93. The Morgan fingerprint density at radius 1 is 1.32 bits per heavy atom. The van der Waals surface area contributed by atoms with Gasteiger partial charge in [-0.1, -0.05) is 20.8 Å². The monoisotopic (exact) mass is 339 g/mol. The first-order valence-corrected chi connectivity index (χ1v) is 8.14. The molecule has 3 nitrogen and oxygen atoms in total. The van der Waals surface area contributed by atoms with E-state index in [1.807, 2.05) is 6.07 Å². The molecule has 2 aromatic rings. The van der Waals surface area contributed by atoms with E-state index in [-0.39, 0.29) is 0 Å². The molecule has 2 heterocycles. The van der Waals surface area contributed by atoms with Crippen LogP contribution in [-0.4, -0.2) is 16.5 Å². The number of halogens is 1. The summed E-state index contributed by atoms with van der Waals surface area (Å²) in [6.07, 6.45) is 1.08. The lowest BCUT2D eigenvalue weighted by Gasteiger charge is -2.10. The van der Waals surface area contributed by atoms with Crippen LogP contribution in [0.1, 0.15) is 38.8 Å². The molecule has 0 atom stereocenters. The molecule has 2 rings (SSSR count).